The second-order valence-electron chi connectivity index (χ2n) is 2.84. The van der Waals surface area contributed by atoms with Gasteiger partial charge < -0.3 is 5.73 Å². The third-order valence-corrected chi connectivity index (χ3v) is 1.86. The summed E-state index contributed by atoms with van der Waals surface area (Å²) in [5.41, 5.74) is 5.52. The van der Waals surface area contributed by atoms with Crippen LogP contribution in [0.15, 0.2) is 30.6 Å². The molecular weight excluding hydrogens is 199 g/mol. The van der Waals surface area contributed by atoms with Gasteiger partial charge in [-0.1, -0.05) is 0 Å². The number of primary amides is 1. The van der Waals surface area contributed by atoms with Gasteiger partial charge in [0, 0.05) is 0 Å². The standard InChI is InChI=1S/C9H7FN4O/c10-6-1-2-8(7(5-6)9(11)15)14-12-3-4-13-14/h1-5H,(H2,11,15). The first-order chi connectivity index (χ1) is 7.18. The van der Waals surface area contributed by atoms with Crippen molar-refractivity contribution in [2.45, 2.75) is 0 Å². The molecule has 0 spiro atoms. The lowest BCUT2D eigenvalue weighted by Gasteiger charge is -2.04. The van der Waals surface area contributed by atoms with Gasteiger partial charge in [0.1, 0.15) is 5.82 Å². The van der Waals surface area contributed by atoms with Crippen molar-refractivity contribution >= 4 is 5.91 Å². The molecule has 2 rings (SSSR count). The number of hydrogen-bond acceptors (Lipinski definition) is 3. The van der Waals surface area contributed by atoms with Crippen LogP contribution in [0, 0.1) is 5.82 Å². The van der Waals surface area contributed by atoms with Crippen LogP contribution in [0.25, 0.3) is 5.69 Å². The lowest BCUT2D eigenvalue weighted by molar-refractivity contribution is 0.0999. The Balaban J connectivity index is 2.61. The van der Waals surface area contributed by atoms with Crippen molar-refractivity contribution in [1.82, 2.24) is 15.0 Å². The number of nitrogens with zero attached hydrogens (tertiary/aromatic N) is 3. The van der Waals surface area contributed by atoms with Gasteiger partial charge in [0.05, 0.1) is 23.6 Å². The number of carbonyl (C=O) groups excluding carboxylic acids is 1. The molecule has 5 nitrogen and oxygen atoms in total. The normalized spacial score (nSPS) is 10.2. The van der Waals surface area contributed by atoms with E-state index in [4.69, 9.17) is 5.73 Å². The van der Waals surface area contributed by atoms with E-state index < -0.39 is 11.7 Å². The van der Waals surface area contributed by atoms with Crippen LogP contribution in [-0.2, 0) is 0 Å². The van der Waals surface area contributed by atoms with Crippen LogP contribution in [0.5, 0.6) is 0 Å². The molecular formula is C9H7FN4O. The first kappa shape index (κ1) is 9.32. The second kappa shape index (κ2) is 3.49. The van der Waals surface area contributed by atoms with Crippen LogP contribution in [-0.4, -0.2) is 20.9 Å². The Labute approximate surface area is 84.3 Å². The summed E-state index contributed by atoms with van der Waals surface area (Å²) in [5.74, 6) is -1.25. The number of rotatable bonds is 2. The lowest BCUT2D eigenvalue weighted by Crippen LogP contribution is -2.16. The molecule has 0 unspecified atom stereocenters. The molecule has 15 heavy (non-hydrogen) atoms. The first-order valence-electron chi connectivity index (χ1n) is 4.14. The predicted molar refractivity (Wildman–Crippen MR) is 49.8 cm³/mol. The van der Waals surface area contributed by atoms with Gasteiger partial charge in [-0.25, -0.2) is 4.39 Å². The average Bonchev–Trinajstić information content (AvgIpc) is 2.70. The molecule has 0 radical (unpaired) electrons. The van der Waals surface area contributed by atoms with E-state index in [1.165, 1.54) is 29.3 Å². The average molecular weight is 206 g/mol. The van der Waals surface area contributed by atoms with Crippen molar-refractivity contribution in [3.8, 4) is 5.69 Å². The zero-order valence-corrected chi connectivity index (χ0v) is 7.59. The van der Waals surface area contributed by atoms with Crippen LogP contribution >= 0.6 is 0 Å². The molecule has 0 atom stereocenters. The smallest absolute Gasteiger partial charge is 0.251 e. The van der Waals surface area contributed by atoms with E-state index in [1.54, 1.807) is 0 Å². The maximum Gasteiger partial charge on any atom is 0.251 e. The SMILES string of the molecule is NC(=O)c1cc(F)ccc1-n1nccn1. The van der Waals surface area contributed by atoms with Gasteiger partial charge in [0.15, 0.2) is 0 Å². The van der Waals surface area contributed by atoms with Crippen molar-refractivity contribution in [3.63, 3.8) is 0 Å². The van der Waals surface area contributed by atoms with Crippen LogP contribution in [0.2, 0.25) is 0 Å². The number of hydrogen-bond donors (Lipinski definition) is 1. The fourth-order valence-corrected chi connectivity index (χ4v) is 1.22. The summed E-state index contributed by atoms with van der Waals surface area (Å²) < 4.78 is 12.9. The molecule has 0 aliphatic carbocycles. The Hall–Kier alpha value is -2.24. The molecule has 0 fully saturated rings. The highest BCUT2D eigenvalue weighted by molar-refractivity contribution is 5.96. The van der Waals surface area contributed by atoms with Crippen LogP contribution in [0.4, 0.5) is 4.39 Å². The summed E-state index contributed by atoms with van der Waals surface area (Å²) in [6.45, 7) is 0. The van der Waals surface area contributed by atoms with Crippen molar-refractivity contribution in [2.24, 2.45) is 5.73 Å². The van der Waals surface area contributed by atoms with E-state index in [0.717, 1.165) is 6.07 Å². The number of amides is 1. The van der Waals surface area contributed by atoms with Gasteiger partial charge in [-0.2, -0.15) is 15.0 Å². The lowest BCUT2D eigenvalue weighted by atomic mass is 10.1. The zero-order chi connectivity index (χ0) is 10.8. The molecule has 6 heteroatoms. The fourth-order valence-electron chi connectivity index (χ4n) is 1.22. The van der Waals surface area contributed by atoms with Crippen molar-refractivity contribution < 1.29 is 9.18 Å². The van der Waals surface area contributed by atoms with Crippen molar-refractivity contribution in [2.75, 3.05) is 0 Å². The van der Waals surface area contributed by atoms with E-state index in [-0.39, 0.29) is 5.56 Å². The number of benzene rings is 1. The summed E-state index contributed by atoms with van der Waals surface area (Å²) in [6, 6.07) is 3.67. The van der Waals surface area contributed by atoms with Crippen LogP contribution in [0.3, 0.4) is 0 Å². The molecule has 1 heterocycles. The molecule has 1 aromatic heterocycles. The highest BCUT2D eigenvalue weighted by Crippen LogP contribution is 2.13. The minimum absolute atomic E-state index is 0.0474. The number of halogens is 1. The Kier molecular flexibility index (Phi) is 2.17. The highest BCUT2D eigenvalue weighted by atomic mass is 19.1. The third-order valence-electron chi connectivity index (χ3n) is 1.86. The fraction of sp³-hybridized carbons (Fsp3) is 0. The minimum Gasteiger partial charge on any atom is -0.366 e. The van der Waals surface area contributed by atoms with Gasteiger partial charge >= 0.3 is 0 Å². The van der Waals surface area contributed by atoms with Gasteiger partial charge in [0.2, 0.25) is 0 Å². The maximum absolute atomic E-state index is 12.9. The topological polar surface area (TPSA) is 73.8 Å². The molecule has 2 N–H and O–H groups in total. The first-order valence-corrected chi connectivity index (χ1v) is 4.14. The summed E-state index contributed by atoms with van der Waals surface area (Å²) in [5, 5.41) is 7.67. The van der Waals surface area contributed by atoms with Gasteiger partial charge in [-0.05, 0) is 18.2 Å². The van der Waals surface area contributed by atoms with E-state index in [1.807, 2.05) is 0 Å². The van der Waals surface area contributed by atoms with Gasteiger partial charge in [-0.15, -0.1) is 0 Å². The molecule has 76 valence electrons. The van der Waals surface area contributed by atoms with E-state index in [2.05, 4.69) is 10.2 Å². The summed E-state index contributed by atoms with van der Waals surface area (Å²) in [4.78, 5) is 12.3. The summed E-state index contributed by atoms with van der Waals surface area (Å²) in [6.07, 6.45) is 2.91. The Morgan fingerprint density at radius 2 is 2.00 bits per heavy atom. The summed E-state index contributed by atoms with van der Waals surface area (Å²) >= 11 is 0. The Morgan fingerprint density at radius 3 is 2.60 bits per heavy atom. The molecule has 1 aromatic carbocycles. The van der Waals surface area contributed by atoms with Crippen LogP contribution < -0.4 is 5.73 Å². The number of nitrogens with two attached hydrogens (primary N) is 1. The molecule has 1 amide bonds. The second-order valence-corrected chi connectivity index (χ2v) is 2.84. The maximum atomic E-state index is 12.9. The molecule has 2 aromatic rings. The molecule has 0 aliphatic rings. The van der Waals surface area contributed by atoms with Gasteiger partial charge in [0.25, 0.3) is 5.91 Å². The number of carbonyl (C=O) groups is 1. The Morgan fingerprint density at radius 1 is 1.33 bits per heavy atom. The van der Waals surface area contributed by atoms with Gasteiger partial charge in [-0.3, -0.25) is 4.79 Å². The number of aromatic nitrogens is 3. The molecule has 0 bridgehead atoms. The monoisotopic (exact) mass is 206 g/mol. The molecule has 0 saturated carbocycles. The largest absolute Gasteiger partial charge is 0.366 e. The Bertz CT molecular complexity index is 495. The molecule has 0 saturated heterocycles. The highest BCUT2D eigenvalue weighted by Gasteiger charge is 2.11. The quantitative estimate of drug-likeness (QED) is 0.777. The van der Waals surface area contributed by atoms with Crippen molar-refractivity contribution in [3.05, 3.63) is 42.0 Å². The summed E-state index contributed by atoms with van der Waals surface area (Å²) in [7, 11) is 0. The minimum atomic E-state index is -0.721. The predicted octanol–water partition coefficient (Wildman–Crippen LogP) is 0.505. The van der Waals surface area contributed by atoms with E-state index >= 15 is 0 Å². The van der Waals surface area contributed by atoms with Crippen LogP contribution in [0.1, 0.15) is 10.4 Å². The van der Waals surface area contributed by atoms with E-state index in [9.17, 15) is 9.18 Å². The van der Waals surface area contributed by atoms with Crippen molar-refractivity contribution in [1.29, 1.82) is 0 Å². The third kappa shape index (κ3) is 1.69. The van der Waals surface area contributed by atoms with E-state index in [0.29, 0.717) is 5.69 Å². The molecule has 0 aliphatic heterocycles. The zero-order valence-electron chi connectivity index (χ0n) is 7.59.